The van der Waals surface area contributed by atoms with Gasteiger partial charge in [-0.1, -0.05) is 12.1 Å². The maximum atomic E-state index is 13.1. The third-order valence-electron chi connectivity index (χ3n) is 8.13. The van der Waals surface area contributed by atoms with Crippen LogP contribution in [0.25, 0.3) is 10.9 Å². The predicted molar refractivity (Wildman–Crippen MR) is 119 cm³/mol. The van der Waals surface area contributed by atoms with Crippen molar-refractivity contribution in [2.45, 2.75) is 69.5 Å². The second kappa shape index (κ2) is 7.37. The number of hydrogen-bond acceptors (Lipinski definition) is 4. The zero-order valence-electron chi connectivity index (χ0n) is 17.9. The van der Waals surface area contributed by atoms with Crippen LogP contribution in [0.4, 0.5) is 0 Å². The number of nitrogens with one attached hydrogen (secondary N) is 1. The van der Waals surface area contributed by atoms with Gasteiger partial charge in [0.25, 0.3) is 11.5 Å². The van der Waals surface area contributed by atoms with E-state index < -0.39 is 5.91 Å². The number of para-hydroxylation sites is 1. The molecule has 31 heavy (non-hydrogen) atoms. The molecule has 6 nitrogen and oxygen atoms in total. The molecule has 2 aliphatic heterocycles. The summed E-state index contributed by atoms with van der Waals surface area (Å²) in [6.45, 7) is 1.53. The van der Waals surface area contributed by atoms with E-state index in [1.807, 2.05) is 18.2 Å². The largest absolute Gasteiger partial charge is 0.506 e. The molecule has 1 aromatic heterocycles. The van der Waals surface area contributed by atoms with Crippen molar-refractivity contribution < 1.29 is 9.90 Å². The molecule has 1 aromatic carbocycles. The van der Waals surface area contributed by atoms with Crippen LogP contribution in [-0.4, -0.2) is 45.7 Å². The van der Waals surface area contributed by atoms with Crippen molar-refractivity contribution >= 4 is 16.8 Å². The third-order valence-corrected chi connectivity index (χ3v) is 8.13. The summed E-state index contributed by atoms with van der Waals surface area (Å²) in [5.41, 5.74) is 0.222. The van der Waals surface area contributed by atoms with E-state index in [1.165, 1.54) is 32.1 Å². The highest BCUT2D eigenvalue weighted by atomic mass is 16.3. The smallest absolute Gasteiger partial charge is 0.267 e. The summed E-state index contributed by atoms with van der Waals surface area (Å²) in [6, 6.07) is 8.91. The van der Waals surface area contributed by atoms with Crippen LogP contribution in [0.1, 0.15) is 67.8 Å². The SMILES string of the molecule is O=C(NCCCN1C2CC3CC(C2)CC1C3)c1c(O)c2ccccc2n(C2CC2)c1=O. The Morgan fingerprint density at radius 3 is 2.35 bits per heavy atom. The van der Waals surface area contributed by atoms with Crippen molar-refractivity contribution in [1.82, 2.24) is 14.8 Å². The fourth-order valence-electron chi connectivity index (χ4n) is 6.79. The fourth-order valence-corrected chi connectivity index (χ4v) is 6.79. The van der Waals surface area contributed by atoms with Gasteiger partial charge in [-0.15, -0.1) is 0 Å². The highest BCUT2D eigenvalue weighted by molar-refractivity contribution is 6.02. The first-order valence-corrected chi connectivity index (χ1v) is 12.0. The van der Waals surface area contributed by atoms with Gasteiger partial charge in [0.15, 0.2) is 0 Å². The Balaban J connectivity index is 1.15. The molecule has 3 saturated carbocycles. The van der Waals surface area contributed by atoms with Crippen LogP contribution in [0.15, 0.2) is 29.1 Å². The van der Waals surface area contributed by atoms with E-state index in [2.05, 4.69) is 10.2 Å². The molecule has 6 heteroatoms. The molecule has 2 aromatic rings. The number of aromatic nitrogens is 1. The Labute approximate surface area is 182 Å². The van der Waals surface area contributed by atoms with E-state index in [1.54, 1.807) is 10.6 Å². The lowest BCUT2D eigenvalue weighted by Gasteiger charge is -2.56. The minimum Gasteiger partial charge on any atom is -0.506 e. The average Bonchev–Trinajstić information content (AvgIpc) is 3.57. The number of nitrogens with zero attached hydrogens (tertiary/aromatic N) is 2. The van der Waals surface area contributed by atoms with Crippen LogP contribution in [0, 0.1) is 11.8 Å². The summed E-state index contributed by atoms with van der Waals surface area (Å²) in [6.07, 6.45) is 9.61. The van der Waals surface area contributed by atoms with Gasteiger partial charge in [-0.2, -0.15) is 0 Å². The van der Waals surface area contributed by atoms with Crippen molar-refractivity contribution in [2.75, 3.05) is 13.1 Å². The molecule has 3 heterocycles. The maximum absolute atomic E-state index is 13.1. The highest BCUT2D eigenvalue weighted by Crippen LogP contribution is 2.49. The summed E-state index contributed by atoms with van der Waals surface area (Å²) in [5, 5.41) is 14.2. The number of pyridine rings is 1. The fraction of sp³-hybridized carbons (Fsp3) is 0.600. The van der Waals surface area contributed by atoms with Crippen molar-refractivity contribution in [2.24, 2.45) is 11.8 Å². The van der Waals surface area contributed by atoms with Crippen LogP contribution in [0.3, 0.4) is 0 Å². The Morgan fingerprint density at radius 2 is 1.68 bits per heavy atom. The number of benzene rings is 1. The molecule has 2 N–H and O–H groups in total. The number of hydrogen-bond donors (Lipinski definition) is 2. The van der Waals surface area contributed by atoms with E-state index >= 15 is 0 Å². The molecule has 3 aliphatic carbocycles. The lowest BCUT2D eigenvalue weighted by atomic mass is 9.63. The molecule has 5 aliphatic rings. The number of piperidine rings is 2. The molecule has 5 fully saturated rings. The van der Waals surface area contributed by atoms with E-state index in [9.17, 15) is 14.7 Å². The Hall–Kier alpha value is -2.34. The van der Waals surface area contributed by atoms with E-state index in [0.717, 1.165) is 49.7 Å². The number of aromatic hydroxyl groups is 1. The van der Waals surface area contributed by atoms with Gasteiger partial charge in [-0.25, -0.2) is 0 Å². The number of carbonyl (C=O) groups is 1. The van der Waals surface area contributed by atoms with E-state index in [4.69, 9.17) is 0 Å². The molecule has 0 spiro atoms. The standard InChI is InChI=1S/C25H31N3O3/c29-23-20-4-1-2-5-21(20)28(17-6-7-17)25(31)22(23)24(30)26-8-3-9-27-18-11-15-10-16(13-18)14-19(27)12-15/h1-2,4-5,15-19,29H,3,6-14H2,(H,26,30). The lowest BCUT2D eigenvalue weighted by molar-refractivity contribution is -0.0587. The number of rotatable bonds is 6. The molecule has 0 radical (unpaired) electrons. The zero-order chi connectivity index (χ0) is 21.1. The molecule has 0 atom stereocenters. The van der Waals surface area contributed by atoms with Gasteiger partial charge in [0.2, 0.25) is 0 Å². The zero-order valence-corrected chi connectivity index (χ0v) is 17.9. The van der Waals surface area contributed by atoms with Gasteiger partial charge in [0.1, 0.15) is 11.3 Å². The Morgan fingerprint density at radius 1 is 1.00 bits per heavy atom. The van der Waals surface area contributed by atoms with Crippen LogP contribution in [0.5, 0.6) is 5.75 Å². The molecule has 0 unspecified atom stereocenters. The van der Waals surface area contributed by atoms with Crippen molar-refractivity contribution in [3.8, 4) is 5.75 Å². The van der Waals surface area contributed by atoms with Crippen LogP contribution in [-0.2, 0) is 0 Å². The van der Waals surface area contributed by atoms with E-state index in [0.29, 0.717) is 17.4 Å². The van der Waals surface area contributed by atoms with Crippen LogP contribution < -0.4 is 10.9 Å². The van der Waals surface area contributed by atoms with Crippen molar-refractivity contribution in [3.63, 3.8) is 0 Å². The van der Waals surface area contributed by atoms with Crippen molar-refractivity contribution in [1.29, 1.82) is 0 Å². The molecule has 7 rings (SSSR count). The second-order valence-corrected chi connectivity index (χ2v) is 10.2. The van der Waals surface area contributed by atoms with Gasteiger partial charge >= 0.3 is 0 Å². The molecule has 1 amide bonds. The maximum Gasteiger partial charge on any atom is 0.267 e. The van der Waals surface area contributed by atoms with Gasteiger partial charge in [-0.3, -0.25) is 14.5 Å². The number of amides is 1. The minimum absolute atomic E-state index is 0.111. The van der Waals surface area contributed by atoms with E-state index in [-0.39, 0.29) is 22.9 Å². The third kappa shape index (κ3) is 3.27. The number of carbonyl (C=O) groups excluding carboxylic acids is 1. The van der Waals surface area contributed by atoms with Crippen LogP contribution in [0.2, 0.25) is 0 Å². The predicted octanol–water partition coefficient (Wildman–Crippen LogP) is 3.42. The van der Waals surface area contributed by atoms with Gasteiger partial charge in [0.05, 0.1) is 5.52 Å². The first kappa shape index (κ1) is 19.4. The minimum atomic E-state index is -0.456. The van der Waals surface area contributed by atoms with Crippen LogP contribution >= 0.6 is 0 Å². The van der Waals surface area contributed by atoms with Crippen molar-refractivity contribution in [3.05, 3.63) is 40.2 Å². The summed E-state index contributed by atoms with van der Waals surface area (Å²) >= 11 is 0. The summed E-state index contributed by atoms with van der Waals surface area (Å²) in [7, 11) is 0. The molecular weight excluding hydrogens is 390 g/mol. The monoisotopic (exact) mass is 421 g/mol. The number of fused-ring (bicyclic) bond motifs is 1. The summed E-state index contributed by atoms with van der Waals surface area (Å²) in [5.74, 6) is 1.24. The average molecular weight is 422 g/mol. The molecule has 4 bridgehead atoms. The highest BCUT2D eigenvalue weighted by Gasteiger charge is 2.46. The first-order valence-electron chi connectivity index (χ1n) is 12.0. The van der Waals surface area contributed by atoms with Gasteiger partial charge in [-0.05, 0) is 75.3 Å². The first-order chi connectivity index (χ1) is 15.1. The van der Waals surface area contributed by atoms with Gasteiger partial charge in [0, 0.05) is 36.6 Å². The van der Waals surface area contributed by atoms with Gasteiger partial charge < -0.3 is 15.0 Å². The summed E-state index contributed by atoms with van der Waals surface area (Å²) in [4.78, 5) is 28.7. The normalized spacial score (nSPS) is 29.5. The topological polar surface area (TPSA) is 74.6 Å². The lowest BCUT2D eigenvalue weighted by Crippen LogP contribution is -2.58. The second-order valence-electron chi connectivity index (χ2n) is 10.2. The Kier molecular flexibility index (Phi) is 4.60. The Bertz CT molecular complexity index is 1060. The molecular formula is C25H31N3O3. The summed E-state index contributed by atoms with van der Waals surface area (Å²) < 4.78 is 1.70. The molecule has 164 valence electrons. The quantitative estimate of drug-likeness (QED) is 0.701. The molecule has 2 saturated heterocycles.